The number of nitrogens with one attached hydrogen (secondary N) is 1. The van der Waals surface area contributed by atoms with E-state index in [0.29, 0.717) is 0 Å². The summed E-state index contributed by atoms with van der Waals surface area (Å²) in [5.74, 6) is 0. The molecule has 0 aliphatic heterocycles. The van der Waals surface area contributed by atoms with Gasteiger partial charge in [-0.25, -0.2) is 0 Å². The molecule has 0 radical (unpaired) electrons. The molecule has 5 heteroatoms. The van der Waals surface area contributed by atoms with Crippen molar-refractivity contribution in [3.63, 3.8) is 0 Å². The minimum absolute atomic E-state index is 0.962. The Hall–Kier alpha value is -1.33. The fraction of sp³-hybridized carbons (Fsp3) is 0.500. The first-order chi connectivity index (χ1) is 9.29. The first-order valence-electron chi connectivity index (χ1n) is 6.75. The van der Waals surface area contributed by atoms with Crippen molar-refractivity contribution in [1.82, 2.24) is 20.5 Å². The Morgan fingerprint density at radius 3 is 2.84 bits per heavy atom. The van der Waals surface area contributed by atoms with Gasteiger partial charge in [0.15, 0.2) is 0 Å². The van der Waals surface area contributed by atoms with Crippen LogP contribution in [0, 0.1) is 6.92 Å². The third kappa shape index (κ3) is 4.36. The second kappa shape index (κ2) is 7.31. The molecule has 4 nitrogen and oxygen atoms in total. The summed E-state index contributed by atoms with van der Waals surface area (Å²) in [6.45, 7) is 6.31. The summed E-state index contributed by atoms with van der Waals surface area (Å²) >= 11 is 1.67. The number of hydrogen-bond acceptors (Lipinski definition) is 5. The van der Waals surface area contributed by atoms with Crippen LogP contribution in [0.15, 0.2) is 18.3 Å². The molecular formula is C14H20N4S. The zero-order valence-electron chi connectivity index (χ0n) is 11.5. The van der Waals surface area contributed by atoms with Crippen LogP contribution in [-0.4, -0.2) is 28.3 Å². The van der Waals surface area contributed by atoms with E-state index in [0.717, 1.165) is 47.2 Å². The maximum atomic E-state index is 4.29. The molecule has 2 rings (SSSR count). The van der Waals surface area contributed by atoms with Crippen LogP contribution in [0.25, 0.3) is 10.6 Å². The highest BCUT2D eigenvalue weighted by Crippen LogP contribution is 2.23. The Labute approximate surface area is 118 Å². The van der Waals surface area contributed by atoms with Crippen molar-refractivity contribution in [3.8, 4) is 10.6 Å². The van der Waals surface area contributed by atoms with Gasteiger partial charge in [-0.3, -0.25) is 4.98 Å². The predicted octanol–water partition coefficient (Wildman–Crippen LogP) is 2.84. The molecule has 102 valence electrons. The molecule has 0 aromatic carbocycles. The van der Waals surface area contributed by atoms with Crippen molar-refractivity contribution >= 4 is 11.3 Å². The van der Waals surface area contributed by atoms with Gasteiger partial charge < -0.3 is 5.32 Å². The Balaban J connectivity index is 1.86. The third-order valence-corrected chi connectivity index (χ3v) is 3.83. The molecular weight excluding hydrogens is 256 g/mol. The molecule has 1 N–H and O–H groups in total. The van der Waals surface area contributed by atoms with Crippen LogP contribution in [0.5, 0.6) is 0 Å². The van der Waals surface area contributed by atoms with Crippen molar-refractivity contribution in [2.75, 3.05) is 13.1 Å². The predicted molar refractivity (Wildman–Crippen MR) is 79.4 cm³/mol. The second-order valence-corrected chi connectivity index (χ2v) is 5.60. The Bertz CT molecular complexity index is 492. The molecule has 0 saturated heterocycles. The summed E-state index contributed by atoms with van der Waals surface area (Å²) in [6.07, 6.45) is 5.15. The normalized spacial score (nSPS) is 10.8. The van der Waals surface area contributed by atoms with Crippen molar-refractivity contribution in [2.24, 2.45) is 0 Å². The number of rotatable bonds is 7. The minimum Gasteiger partial charge on any atom is -0.317 e. The molecule has 2 aromatic rings. The Kier molecular flexibility index (Phi) is 5.42. The van der Waals surface area contributed by atoms with Crippen molar-refractivity contribution in [2.45, 2.75) is 33.1 Å². The van der Waals surface area contributed by atoms with Crippen LogP contribution in [0.4, 0.5) is 0 Å². The van der Waals surface area contributed by atoms with Crippen molar-refractivity contribution in [3.05, 3.63) is 29.0 Å². The summed E-state index contributed by atoms with van der Waals surface area (Å²) in [6, 6.07) is 4.06. The lowest BCUT2D eigenvalue weighted by Gasteiger charge is -1.99. The quantitative estimate of drug-likeness (QED) is 0.790. The zero-order chi connectivity index (χ0) is 13.5. The number of pyridine rings is 1. The van der Waals surface area contributed by atoms with Gasteiger partial charge in [0.2, 0.25) is 0 Å². The SMILES string of the molecule is CCCNCCCc1nnc(-c2ccc(C)nc2)s1. The highest BCUT2D eigenvalue weighted by molar-refractivity contribution is 7.14. The van der Waals surface area contributed by atoms with Gasteiger partial charge in [-0.1, -0.05) is 18.3 Å². The number of nitrogens with zero attached hydrogens (tertiary/aromatic N) is 3. The topological polar surface area (TPSA) is 50.7 Å². The third-order valence-electron chi connectivity index (χ3n) is 2.80. The van der Waals surface area contributed by atoms with Gasteiger partial charge in [-0.2, -0.15) is 0 Å². The van der Waals surface area contributed by atoms with Crippen LogP contribution in [-0.2, 0) is 6.42 Å². The Morgan fingerprint density at radius 1 is 1.21 bits per heavy atom. The molecule has 0 atom stereocenters. The zero-order valence-corrected chi connectivity index (χ0v) is 12.3. The van der Waals surface area contributed by atoms with E-state index in [1.165, 1.54) is 6.42 Å². The summed E-state index contributed by atoms with van der Waals surface area (Å²) in [5.41, 5.74) is 2.08. The average Bonchev–Trinajstić information content (AvgIpc) is 2.88. The molecule has 0 unspecified atom stereocenters. The van der Waals surface area contributed by atoms with E-state index in [9.17, 15) is 0 Å². The van der Waals surface area contributed by atoms with Crippen molar-refractivity contribution < 1.29 is 0 Å². The molecule has 2 aromatic heterocycles. The van der Waals surface area contributed by atoms with Gasteiger partial charge in [-0.05, 0) is 45.0 Å². The lowest BCUT2D eigenvalue weighted by Crippen LogP contribution is -2.16. The summed E-state index contributed by atoms with van der Waals surface area (Å²) in [7, 11) is 0. The lowest BCUT2D eigenvalue weighted by atomic mass is 10.3. The standard InChI is InChI=1S/C14H20N4S/c1-3-8-15-9-4-5-13-17-18-14(19-13)12-7-6-11(2)16-10-12/h6-7,10,15H,3-5,8-9H2,1-2H3. The maximum Gasteiger partial charge on any atom is 0.149 e. The fourth-order valence-electron chi connectivity index (χ4n) is 1.73. The molecule has 0 aliphatic rings. The van der Waals surface area contributed by atoms with Gasteiger partial charge in [0.25, 0.3) is 0 Å². The molecule has 2 heterocycles. The minimum atomic E-state index is 0.962. The highest BCUT2D eigenvalue weighted by atomic mass is 32.1. The molecule has 0 spiro atoms. The van der Waals surface area contributed by atoms with Gasteiger partial charge in [-0.15, -0.1) is 10.2 Å². The summed E-state index contributed by atoms with van der Waals surface area (Å²) < 4.78 is 0. The molecule has 0 fully saturated rings. The first-order valence-corrected chi connectivity index (χ1v) is 7.57. The molecule has 0 amide bonds. The largest absolute Gasteiger partial charge is 0.317 e. The van der Waals surface area contributed by atoms with E-state index in [-0.39, 0.29) is 0 Å². The lowest BCUT2D eigenvalue weighted by molar-refractivity contribution is 0.637. The number of aryl methyl sites for hydroxylation is 2. The van der Waals surface area contributed by atoms with Crippen LogP contribution in [0.2, 0.25) is 0 Å². The molecule has 0 saturated carbocycles. The van der Waals surface area contributed by atoms with E-state index < -0.39 is 0 Å². The molecule has 0 aliphatic carbocycles. The average molecular weight is 276 g/mol. The highest BCUT2D eigenvalue weighted by Gasteiger charge is 2.06. The van der Waals surface area contributed by atoms with Crippen LogP contribution in [0.1, 0.15) is 30.5 Å². The van der Waals surface area contributed by atoms with Gasteiger partial charge in [0.1, 0.15) is 10.0 Å². The molecule has 19 heavy (non-hydrogen) atoms. The monoisotopic (exact) mass is 276 g/mol. The van der Waals surface area contributed by atoms with Gasteiger partial charge >= 0.3 is 0 Å². The van der Waals surface area contributed by atoms with Crippen LogP contribution < -0.4 is 5.32 Å². The number of hydrogen-bond donors (Lipinski definition) is 1. The summed E-state index contributed by atoms with van der Waals surface area (Å²) in [5, 5.41) is 13.9. The van der Waals surface area contributed by atoms with E-state index in [1.54, 1.807) is 11.3 Å². The summed E-state index contributed by atoms with van der Waals surface area (Å²) in [4.78, 5) is 4.29. The second-order valence-electron chi connectivity index (χ2n) is 4.54. The first kappa shape index (κ1) is 14.1. The van der Waals surface area contributed by atoms with Gasteiger partial charge in [0, 0.05) is 23.9 Å². The van der Waals surface area contributed by atoms with E-state index in [4.69, 9.17) is 0 Å². The fourth-order valence-corrected chi connectivity index (χ4v) is 2.60. The van der Waals surface area contributed by atoms with Gasteiger partial charge in [0.05, 0.1) is 0 Å². The number of aromatic nitrogens is 3. The maximum absolute atomic E-state index is 4.29. The van der Waals surface area contributed by atoms with E-state index in [1.807, 2.05) is 19.2 Å². The van der Waals surface area contributed by atoms with Crippen LogP contribution >= 0.6 is 11.3 Å². The molecule has 0 bridgehead atoms. The van der Waals surface area contributed by atoms with Crippen LogP contribution in [0.3, 0.4) is 0 Å². The smallest absolute Gasteiger partial charge is 0.149 e. The van der Waals surface area contributed by atoms with E-state index >= 15 is 0 Å². The Morgan fingerprint density at radius 2 is 2.11 bits per heavy atom. The van der Waals surface area contributed by atoms with E-state index in [2.05, 4.69) is 33.5 Å². The van der Waals surface area contributed by atoms with Crippen molar-refractivity contribution in [1.29, 1.82) is 0 Å².